The van der Waals surface area contributed by atoms with E-state index >= 15 is 0 Å². The average molecular weight is 220 g/mol. The van der Waals surface area contributed by atoms with Crippen molar-refractivity contribution in [3.05, 3.63) is 29.3 Å². The lowest BCUT2D eigenvalue weighted by Crippen LogP contribution is -2.05. The van der Waals surface area contributed by atoms with Crippen LogP contribution < -0.4 is 4.74 Å². The quantitative estimate of drug-likeness (QED) is 0.729. The largest absolute Gasteiger partial charge is 0.493 e. The summed E-state index contributed by atoms with van der Waals surface area (Å²) < 4.78 is 10.5. The first-order valence-corrected chi connectivity index (χ1v) is 5.70. The minimum absolute atomic E-state index is 0.141. The molecule has 2 rings (SSSR count). The van der Waals surface area contributed by atoms with Crippen molar-refractivity contribution in [2.24, 2.45) is 0 Å². The van der Waals surface area contributed by atoms with Crippen LogP contribution in [-0.2, 0) is 22.4 Å². The Kier molecular flexibility index (Phi) is 3.44. The molecule has 3 nitrogen and oxygen atoms in total. The van der Waals surface area contributed by atoms with Crippen LogP contribution in [0.25, 0.3) is 0 Å². The molecule has 0 radical (unpaired) electrons. The molecular formula is C13H16O3. The van der Waals surface area contributed by atoms with Crippen LogP contribution in [0.4, 0.5) is 0 Å². The fraction of sp³-hybridized carbons (Fsp3) is 0.462. The molecule has 86 valence electrons. The lowest BCUT2D eigenvalue weighted by atomic mass is 10.0. The summed E-state index contributed by atoms with van der Waals surface area (Å²) >= 11 is 0. The average Bonchev–Trinajstić information content (AvgIpc) is 2.75. The molecule has 1 aromatic carbocycles. The summed E-state index contributed by atoms with van der Waals surface area (Å²) in [5.74, 6) is 0.838. The molecule has 0 atom stereocenters. The fourth-order valence-corrected chi connectivity index (χ4v) is 1.95. The summed E-state index contributed by atoms with van der Waals surface area (Å²) in [6.07, 6.45) is 2.10. The molecule has 0 spiro atoms. The fourth-order valence-electron chi connectivity index (χ4n) is 1.95. The highest BCUT2D eigenvalue weighted by molar-refractivity contribution is 5.69. The summed E-state index contributed by atoms with van der Waals surface area (Å²) in [6, 6.07) is 6.12. The van der Waals surface area contributed by atoms with Crippen molar-refractivity contribution in [2.75, 3.05) is 13.2 Å². The van der Waals surface area contributed by atoms with E-state index in [1.165, 1.54) is 5.56 Å². The Bertz CT molecular complexity index is 385. The molecule has 0 unspecified atom stereocenters. The zero-order valence-corrected chi connectivity index (χ0v) is 9.49. The zero-order chi connectivity index (χ0) is 11.4. The molecule has 0 saturated carbocycles. The molecule has 1 aliphatic rings. The SMILES string of the molecule is CCOC(=O)CCc1cccc2c1OCC2. The number of hydrogen-bond acceptors (Lipinski definition) is 3. The number of hydrogen-bond donors (Lipinski definition) is 0. The Labute approximate surface area is 95.4 Å². The topological polar surface area (TPSA) is 35.5 Å². The van der Waals surface area contributed by atoms with Gasteiger partial charge in [-0.15, -0.1) is 0 Å². The van der Waals surface area contributed by atoms with Gasteiger partial charge in [-0.05, 0) is 24.5 Å². The highest BCUT2D eigenvalue weighted by Gasteiger charge is 2.16. The minimum atomic E-state index is -0.141. The second kappa shape index (κ2) is 5.01. The monoisotopic (exact) mass is 220 g/mol. The molecule has 0 bridgehead atoms. The molecule has 16 heavy (non-hydrogen) atoms. The molecule has 0 aromatic heterocycles. The molecule has 0 N–H and O–H groups in total. The molecule has 0 amide bonds. The van der Waals surface area contributed by atoms with Gasteiger partial charge in [-0.2, -0.15) is 0 Å². The van der Waals surface area contributed by atoms with E-state index in [0.29, 0.717) is 19.4 Å². The summed E-state index contributed by atoms with van der Waals surface area (Å²) in [7, 11) is 0. The summed E-state index contributed by atoms with van der Waals surface area (Å²) in [6.45, 7) is 3.02. The van der Waals surface area contributed by atoms with Crippen molar-refractivity contribution in [3.8, 4) is 5.75 Å². The third kappa shape index (κ3) is 2.35. The first kappa shape index (κ1) is 11.0. The first-order valence-electron chi connectivity index (χ1n) is 5.70. The van der Waals surface area contributed by atoms with Crippen molar-refractivity contribution in [2.45, 2.75) is 26.2 Å². The van der Waals surface area contributed by atoms with Gasteiger partial charge in [-0.25, -0.2) is 0 Å². The molecule has 0 saturated heterocycles. The highest BCUT2D eigenvalue weighted by Crippen LogP contribution is 2.30. The number of carbonyl (C=O) groups excluding carboxylic acids is 1. The number of aryl methyl sites for hydroxylation is 1. The van der Waals surface area contributed by atoms with Gasteiger partial charge < -0.3 is 9.47 Å². The van der Waals surface area contributed by atoms with Crippen molar-refractivity contribution in [1.29, 1.82) is 0 Å². The van der Waals surface area contributed by atoms with E-state index in [9.17, 15) is 4.79 Å². The summed E-state index contributed by atoms with van der Waals surface area (Å²) in [4.78, 5) is 11.3. The van der Waals surface area contributed by atoms with Crippen molar-refractivity contribution < 1.29 is 14.3 Å². The van der Waals surface area contributed by atoms with E-state index in [1.54, 1.807) is 0 Å². The summed E-state index contributed by atoms with van der Waals surface area (Å²) in [5.41, 5.74) is 2.37. The Morgan fingerprint density at radius 1 is 1.50 bits per heavy atom. The van der Waals surface area contributed by atoms with Crippen molar-refractivity contribution >= 4 is 5.97 Å². The molecule has 1 aromatic rings. The molecule has 1 heterocycles. The maximum atomic E-state index is 11.3. The molecule has 1 aliphatic heterocycles. The maximum absolute atomic E-state index is 11.3. The van der Waals surface area contributed by atoms with Gasteiger partial charge in [0.25, 0.3) is 0 Å². The predicted molar refractivity (Wildman–Crippen MR) is 60.6 cm³/mol. The van der Waals surface area contributed by atoms with E-state index in [1.807, 2.05) is 19.1 Å². The van der Waals surface area contributed by atoms with Crippen LogP contribution in [0.15, 0.2) is 18.2 Å². The number of para-hydroxylation sites is 1. The maximum Gasteiger partial charge on any atom is 0.306 e. The molecule has 0 fully saturated rings. The first-order chi connectivity index (χ1) is 7.81. The minimum Gasteiger partial charge on any atom is -0.493 e. The van der Waals surface area contributed by atoms with Gasteiger partial charge in [-0.3, -0.25) is 4.79 Å². The van der Waals surface area contributed by atoms with Gasteiger partial charge in [0.15, 0.2) is 0 Å². The van der Waals surface area contributed by atoms with Gasteiger partial charge in [0.1, 0.15) is 5.75 Å². The Morgan fingerprint density at radius 2 is 2.38 bits per heavy atom. The number of carbonyl (C=O) groups is 1. The van der Waals surface area contributed by atoms with E-state index < -0.39 is 0 Å². The van der Waals surface area contributed by atoms with Gasteiger partial charge in [-0.1, -0.05) is 18.2 Å². The van der Waals surface area contributed by atoms with E-state index in [4.69, 9.17) is 9.47 Å². The van der Waals surface area contributed by atoms with E-state index in [2.05, 4.69) is 6.07 Å². The lowest BCUT2D eigenvalue weighted by molar-refractivity contribution is -0.143. The van der Waals surface area contributed by atoms with Crippen LogP contribution in [0.1, 0.15) is 24.5 Å². The van der Waals surface area contributed by atoms with Gasteiger partial charge in [0, 0.05) is 12.8 Å². The molecular weight excluding hydrogens is 204 g/mol. The van der Waals surface area contributed by atoms with Crippen molar-refractivity contribution in [3.63, 3.8) is 0 Å². The predicted octanol–water partition coefficient (Wildman–Crippen LogP) is 2.12. The third-order valence-corrected chi connectivity index (χ3v) is 2.70. The number of benzene rings is 1. The van der Waals surface area contributed by atoms with Crippen LogP contribution in [-0.4, -0.2) is 19.2 Å². The lowest BCUT2D eigenvalue weighted by Gasteiger charge is -2.07. The zero-order valence-electron chi connectivity index (χ0n) is 9.49. The summed E-state index contributed by atoms with van der Waals surface area (Å²) in [5, 5.41) is 0. The van der Waals surface area contributed by atoms with E-state index in [-0.39, 0.29) is 5.97 Å². The second-order valence-electron chi connectivity index (χ2n) is 3.81. The normalized spacial score (nSPS) is 13.1. The molecule has 0 aliphatic carbocycles. The number of esters is 1. The Hall–Kier alpha value is -1.51. The van der Waals surface area contributed by atoms with Crippen molar-refractivity contribution in [1.82, 2.24) is 0 Å². The standard InChI is InChI=1S/C13H16O3/c1-2-15-12(14)7-6-10-4-3-5-11-8-9-16-13(10)11/h3-5H,2,6-9H2,1H3. The van der Waals surface area contributed by atoms with Crippen LogP contribution >= 0.6 is 0 Å². The number of ether oxygens (including phenoxy) is 2. The van der Waals surface area contributed by atoms with Crippen LogP contribution in [0.2, 0.25) is 0 Å². The Balaban J connectivity index is 2.00. The molecule has 3 heteroatoms. The van der Waals surface area contributed by atoms with E-state index in [0.717, 1.165) is 24.3 Å². The number of rotatable bonds is 4. The van der Waals surface area contributed by atoms with Gasteiger partial charge in [0.2, 0.25) is 0 Å². The van der Waals surface area contributed by atoms with Gasteiger partial charge in [0.05, 0.1) is 13.2 Å². The third-order valence-electron chi connectivity index (χ3n) is 2.70. The smallest absolute Gasteiger partial charge is 0.306 e. The van der Waals surface area contributed by atoms with Gasteiger partial charge >= 0.3 is 5.97 Å². The second-order valence-corrected chi connectivity index (χ2v) is 3.81. The number of fused-ring (bicyclic) bond motifs is 1. The Morgan fingerprint density at radius 3 is 3.19 bits per heavy atom. The van der Waals surface area contributed by atoms with Crippen LogP contribution in [0, 0.1) is 0 Å². The van der Waals surface area contributed by atoms with Crippen LogP contribution in [0.3, 0.4) is 0 Å². The van der Waals surface area contributed by atoms with Crippen LogP contribution in [0.5, 0.6) is 5.75 Å². The highest BCUT2D eigenvalue weighted by atomic mass is 16.5.